The van der Waals surface area contributed by atoms with Gasteiger partial charge in [0.15, 0.2) is 0 Å². The van der Waals surface area contributed by atoms with E-state index in [2.05, 4.69) is 5.32 Å². The number of β-amino-alcohol motifs (C(OH)–C–C–N with tert-alkyl or cyclic N) is 1. The summed E-state index contributed by atoms with van der Waals surface area (Å²) in [6.45, 7) is 4.77. The molecule has 1 aliphatic rings. The molecular formula is C10H20N2O2. The van der Waals surface area contributed by atoms with Gasteiger partial charge in [0.25, 0.3) is 0 Å². The van der Waals surface area contributed by atoms with Gasteiger partial charge >= 0.3 is 0 Å². The maximum atomic E-state index is 11.3. The van der Waals surface area contributed by atoms with Crippen LogP contribution in [0.4, 0.5) is 0 Å². The number of amides is 1. The van der Waals surface area contributed by atoms with Crippen molar-refractivity contribution < 1.29 is 9.90 Å². The van der Waals surface area contributed by atoms with Crippen LogP contribution < -0.4 is 5.32 Å². The zero-order chi connectivity index (χ0) is 10.4. The second kappa shape index (κ2) is 5.98. The molecule has 0 unspecified atom stereocenters. The van der Waals surface area contributed by atoms with Crippen LogP contribution in [0.2, 0.25) is 0 Å². The lowest BCUT2D eigenvalue weighted by Gasteiger charge is -2.29. The van der Waals surface area contributed by atoms with Gasteiger partial charge in [0.2, 0.25) is 5.91 Å². The first-order chi connectivity index (χ1) is 6.72. The Morgan fingerprint density at radius 2 is 2.43 bits per heavy atom. The van der Waals surface area contributed by atoms with E-state index < -0.39 is 0 Å². The highest BCUT2D eigenvalue weighted by atomic mass is 16.3. The zero-order valence-corrected chi connectivity index (χ0v) is 8.83. The standard InChI is InChI=1S/C10H20N2O2/c1-2-5-11-10(14)8-12-6-3-4-9(13)7-12/h9,13H,2-8H2,1H3,(H,11,14)/t9-/m0/s1. The van der Waals surface area contributed by atoms with Crippen LogP contribution in [0.5, 0.6) is 0 Å². The molecule has 4 heteroatoms. The van der Waals surface area contributed by atoms with Crippen molar-refractivity contribution in [1.29, 1.82) is 0 Å². The third kappa shape index (κ3) is 4.07. The maximum Gasteiger partial charge on any atom is 0.234 e. The van der Waals surface area contributed by atoms with E-state index in [1.165, 1.54) is 0 Å². The van der Waals surface area contributed by atoms with Crippen molar-refractivity contribution in [2.75, 3.05) is 26.2 Å². The molecule has 0 aromatic carbocycles. The van der Waals surface area contributed by atoms with Crippen molar-refractivity contribution in [2.24, 2.45) is 0 Å². The van der Waals surface area contributed by atoms with E-state index >= 15 is 0 Å². The Balaban J connectivity index is 2.18. The molecule has 82 valence electrons. The van der Waals surface area contributed by atoms with Gasteiger partial charge in [0, 0.05) is 13.1 Å². The van der Waals surface area contributed by atoms with Crippen LogP contribution in [-0.4, -0.2) is 48.2 Å². The van der Waals surface area contributed by atoms with Crippen molar-refractivity contribution in [2.45, 2.75) is 32.3 Å². The molecule has 0 aromatic heterocycles. The summed E-state index contributed by atoms with van der Waals surface area (Å²) in [6, 6.07) is 0. The van der Waals surface area contributed by atoms with Crippen LogP contribution >= 0.6 is 0 Å². The maximum absolute atomic E-state index is 11.3. The van der Waals surface area contributed by atoms with Gasteiger partial charge in [-0.1, -0.05) is 6.92 Å². The SMILES string of the molecule is CCCNC(=O)CN1CCC[C@H](O)C1. The molecular weight excluding hydrogens is 180 g/mol. The van der Waals surface area contributed by atoms with E-state index in [0.717, 1.165) is 32.4 Å². The van der Waals surface area contributed by atoms with E-state index in [-0.39, 0.29) is 12.0 Å². The fraction of sp³-hybridized carbons (Fsp3) is 0.900. The number of rotatable bonds is 4. The third-order valence-electron chi connectivity index (χ3n) is 2.42. The summed E-state index contributed by atoms with van der Waals surface area (Å²) in [5, 5.41) is 12.2. The van der Waals surface area contributed by atoms with Gasteiger partial charge in [-0.3, -0.25) is 9.69 Å². The molecule has 2 N–H and O–H groups in total. The van der Waals surface area contributed by atoms with Gasteiger partial charge < -0.3 is 10.4 Å². The first kappa shape index (κ1) is 11.5. The number of nitrogens with one attached hydrogen (secondary N) is 1. The van der Waals surface area contributed by atoms with E-state index in [1.807, 2.05) is 11.8 Å². The van der Waals surface area contributed by atoms with E-state index in [9.17, 15) is 9.90 Å². The number of piperidine rings is 1. The lowest BCUT2D eigenvalue weighted by Crippen LogP contribution is -2.44. The van der Waals surface area contributed by atoms with Crippen LogP contribution in [0, 0.1) is 0 Å². The number of aliphatic hydroxyl groups excluding tert-OH is 1. The molecule has 1 aliphatic heterocycles. The summed E-state index contributed by atoms with van der Waals surface area (Å²) < 4.78 is 0. The second-order valence-electron chi connectivity index (χ2n) is 3.88. The Morgan fingerprint density at radius 3 is 3.07 bits per heavy atom. The second-order valence-corrected chi connectivity index (χ2v) is 3.88. The molecule has 0 aromatic rings. The molecule has 4 nitrogen and oxygen atoms in total. The van der Waals surface area contributed by atoms with Crippen LogP contribution in [0.25, 0.3) is 0 Å². The molecule has 0 spiro atoms. The average molecular weight is 200 g/mol. The minimum Gasteiger partial charge on any atom is -0.392 e. The van der Waals surface area contributed by atoms with E-state index in [0.29, 0.717) is 13.1 Å². The van der Waals surface area contributed by atoms with Crippen molar-refractivity contribution in [3.8, 4) is 0 Å². The fourth-order valence-corrected chi connectivity index (χ4v) is 1.70. The summed E-state index contributed by atoms with van der Waals surface area (Å²) >= 11 is 0. The largest absolute Gasteiger partial charge is 0.392 e. The number of hydrogen-bond donors (Lipinski definition) is 2. The third-order valence-corrected chi connectivity index (χ3v) is 2.42. The van der Waals surface area contributed by atoms with E-state index in [1.54, 1.807) is 0 Å². The lowest BCUT2D eigenvalue weighted by atomic mass is 10.1. The molecule has 0 saturated carbocycles. The monoisotopic (exact) mass is 200 g/mol. The van der Waals surface area contributed by atoms with Crippen LogP contribution in [-0.2, 0) is 4.79 Å². The highest BCUT2D eigenvalue weighted by Crippen LogP contribution is 2.08. The number of likely N-dealkylation sites (tertiary alicyclic amines) is 1. The summed E-state index contributed by atoms with van der Waals surface area (Å²) in [5.74, 6) is 0.0703. The predicted octanol–water partition coefficient (Wildman–Crippen LogP) is -0.0307. The summed E-state index contributed by atoms with van der Waals surface area (Å²) in [7, 11) is 0. The molecule has 1 saturated heterocycles. The fourth-order valence-electron chi connectivity index (χ4n) is 1.70. The molecule has 1 atom stereocenters. The summed E-state index contributed by atoms with van der Waals surface area (Å²) in [6.07, 6.45) is 2.58. The predicted molar refractivity (Wildman–Crippen MR) is 55.0 cm³/mol. The summed E-state index contributed by atoms with van der Waals surface area (Å²) in [4.78, 5) is 13.4. The van der Waals surface area contributed by atoms with Crippen LogP contribution in [0.15, 0.2) is 0 Å². The normalized spacial score (nSPS) is 23.4. The molecule has 0 aliphatic carbocycles. The highest BCUT2D eigenvalue weighted by molar-refractivity contribution is 5.77. The molecule has 1 heterocycles. The summed E-state index contributed by atoms with van der Waals surface area (Å²) in [5.41, 5.74) is 0. The van der Waals surface area contributed by atoms with Gasteiger partial charge in [-0.25, -0.2) is 0 Å². The van der Waals surface area contributed by atoms with Crippen molar-refractivity contribution in [3.63, 3.8) is 0 Å². The first-order valence-corrected chi connectivity index (χ1v) is 5.39. The molecule has 1 fully saturated rings. The van der Waals surface area contributed by atoms with Crippen molar-refractivity contribution in [1.82, 2.24) is 10.2 Å². The Morgan fingerprint density at radius 1 is 1.64 bits per heavy atom. The van der Waals surface area contributed by atoms with Crippen molar-refractivity contribution in [3.05, 3.63) is 0 Å². The van der Waals surface area contributed by atoms with Crippen LogP contribution in [0.3, 0.4) is 0 Å². The van der Waals surface area contributed by atoms with E-state index in [4.69, 9.17) is 0 Å². The smallest absolute Gasteiger partial charge is 0.234 e. The average Bonchev–Trinajstić information content (AvgIpc) is 2.15. The number of carbonyl (C=O) groups is 1. The number of aliphatic hydroxyl groups is 1. The lowest BCUT2D eigenvalue weighted by molar-refractivity contribution is -0.122. The number of hydrogen-bond acceptors (Lipinski definition) is 3. The Kier molecular flexibility index (Phi) is 4.90. The minimum atomic E-state index is -0.247. The topological polar surface area (TPSA) is 52.6 Å². The quantitative estimate of drug-likeness (QED) is 0.670. The molecule has 0 bridgehead atoms. The molecule has 0 radical (unpaired) electrons. The molecule has 14 heavy (non-hydrogen) atoms. The molecule has 1 rings (SSSR count). The number of carbonyl (C=O) groups excluding carboxylic acids is 1. The zero-order valence-electron chi connectivity index (χ0n) is 8.83. The van der Waals surface area contributed by atoms with Gasteiger partial charge in [0.1, 0.15) is 0 Å². The van der Waals surface area contributed by atoms with Gasteiger partial charge in [-0.05, 0) is 25.8 Å². The van der Waals surface area contributed by atoms with Crippen molar-refractivity contribution >= 4 is 5.91 Å². The van der Waals surface area contributed by atoms with Gasteiger partial charge in [-0.2, -0.15) is 0 Å². The number of nitrogens with zero attached hydrogens (tertiary/aromatic N) is 1. The minimum absolute atomic E-state index is 0.0703. The Labute approximate surface area is 85.3 Å². The van der Waals surface area contributed by atoms with Gasteiger partial charge in [0.05, 0.1) is 12.6 Å². The Bertz CT molecular complexity index is 185. The highest BCUT2D eigenvalue weighted by Gasteiger charge is 2.19. The van der Waals surface area contributed by atoms with Gasteiger partial charge in [-0.15, -0.1) is 0 Å². The molecule has 1 amide bonds. The Hall–Kier alpha value is -0.610. The first-order valence-electron chi connectivity index (χ1n) is 5.39. The van der Waals surface area contributed by atoms with Crippen LogP contribution in [0.1, 0.15) is 26.2 Å².